The van der Waals surface area contributed by atoms with E-state index >= 15 is 0 Å². The van der Waals surface area contributed by atoms with E-state index in [0.29, 0.717) is 17.2 Å². The van der Waals surface area contributed by atoms with Gasteiger partial charge in [0.15, 0.2) is 0 Å². The largest absolute Gasteiger partial charge is 0.323 e. The molecule has 1 rings (SSSR count). The van der Waals surface area contributed by atoms with Gasteiger partial charge in [-0.1, -0.05) is 19.9 Å². The maximum Gasteiger partial charge on any atom is 0.130 e. The summed E-state index contributed by atoms with van der Waals surface area (Å²) < 4.78 is 26.1. The van der Waals surface area contributed by atoms with Crippen molar-refractivity contribution in [2.24, 2.45) is 11.7 Å². The predicted molar refractivity (Wildman–Crippen MR) is 70.1 cm³/mol. The Kier molecular flexibility index (Phi) is 5.92. The highest BCUT2D eigenvalue weighted by molar-refractivity contribution is 7.99. The van der Waals surface area contributed by atoms with E-state index < -0.39 is 11.6 Å². The van der Waals surface area contributed by atoms with Gasteiger partial charge < -0.3 is 5.73 Å². The minimum atomic E-state index is -0.564. The van der Waals surface area contributed by atoms with Crippen molar-refractivity contribution in [2.45, 2.75) is 26.3 Å². The van der Waals surface area contributed by atoms with Gasteiger partial charge in [-0.05, 0) is 24.2 Å². The molecular formula is C13H19F2NS. The third kappa shape index (κ3) is 5.04. The monoisotopic (exact) mass is 259 g/mol. The van der Waals surface area contributed by atoms with E-state index in [0.717, 1.165) is 18.2 Å². The molecule has 0 spiro atoms. The maximum atomic E-state index is 13.4. The van der Waals surface area contributed by atoms with Gasteiger partial charge in [0.2, 0.25) is 0 Å². The zero-order chi connectivity index (χ0) is 12.8. The second-order valence-electron chi connectivity index (χ2n) is 4.53. The van der Waals surface area contributed by atoms with Crippen LogP contribution in [0.25, 0.3) is 0 Å². The van der Waals surface area contributed by atoms with Crippen LogP contribution < -0.4 is 5.73 Å². The van der Waals surface area contributed by atoms with Crippen molar-refractivity contribution in [3.63, 3.8) is 0 Å². The summed E-state index contributed by atoms with van der Waals surface area (Å²) in [5.74, 6) is 1.23. The van der Waals surface area contributed by atoms with Crippen LogP contribution in [0.5, 0.6) is 0 Å². The second-order valence-corrected chi connectivity index (χ2v) is 5.68. The molecule has 0 saturated carbocycles. The average molecular weight is 259 g/mol. The molecule has 17 heavy (non-hydrogen) atoms. The summed E-state index contributed by atoms with van der Waals surface area (Å²) >= 11 is 1.71. The summed E-state index contributed by atoms with van der Waals surface area (Å²) in [5, 5.41) is 0. The van der Waals surface area contributed by atoms with Gasteiger partial charge in [-0.15, -0.1) is 0 Å². The molecule has 0 radical (unpaired) electrons. The van der Waals surface area contributed by atoms with Gasteiger partial charge in [-0.2, -0.15) is 11.8 Å². The number of hydrogen-bond donors (Lipinski definition) is 1. The quantitative estimate of drug-likeness (QED) is 0.787. The molecule has 1 aromatic rings. The molecule has 0 fully saturated rings. The molecule has 1 nitrogen and oxygen atoms in total. The Balaban J connectivity index is 2.44. The predicted octanol–water partition coefficient (Wildman–Crippen LogP) is 3.74. The van der Waals surface area contributed by atoms with Crippen LogP contribution in [-0.2, 0) is 0 Å². The van der Waals surface area contributed by atoms with E-state index in [1.54, 1.807) is 11.8 Å². The molecule has 1 aromatic carbocycles. The second kappa shape index (κ2) is 6.97. The van der Waals surface area contributed by atoms with E-state index in [1.165, 1.54) is 12.1 Å². The summed E-state index contributed by atoms with van der Waals surface area (Å²) in [5.41, 5.74) is 6.27. The van der Waals surface area contributed by atoms with Crippen molar-refractivity contribution in [3.05, 3.63) is 35.4 Å². The number of halogens is 2. The Hall–Kier alpha value is -0.610. The van der Waals surface area contributed by atoms with Crippen LogP contribution in [0.4, 0.5) is 8.78 Å². The van der Waals surface area contributed by atoms with Crippen LogP contribution in [0.1, 0.15) is 31.9 Å². The lowest BCUT2D eigenvalue weighted by Gasteiger charge is -2.13. The Morgan fingerprint density at radius 2 is 2.00 bits per heavy atom. The van der Waals surface area contributed by atoms with Gasteiger partial charge in [0.1, 0.15) is 11.6 Å². The molecule has 0 aliphatic rings. The van der Waals surface area contributed by atoms with Crippen LogP contribution >= 0.6 is 11.8 Å². The summed E-state index contributed by atoms with van der Waals surface area (Å²) in [6, 6.07) is 3.19. The van der Waals surface area contributed by atoms with Gasteiger partial charge in [0, 0.05) is 23.4 Å². The van der Waals surface area contributed by atoms with E-state index in [-0.39, 0.29) is 6.04 Å². The third-order valence-electron chi connectivity index (χ3n) is 2.50. The fourth-order valence-corrected chi connectivity index (χ4v) is 2.66. The van der Waals surface area contributed by atoms with E-state index in [9.17, 15) is 8.78 Å². The first kappa shape index (κ1) is 14.5. The molecule has 0 amide bonds. The van der Waals surface area contributed by atoms with Crippen LogP contribution in [0.3, 0.4) is 0 Å². The molecule has 0 aliphatic carbocycles. The fraction of sp³-hybridized carbons (Fsp3) is 0.538. The minimum absolute atomic E-state index is 0.368. The molecular weight excluding hydrogens is 240 g/mol. The lowest BCUT2D eigenvalue weighted by Crippen LogP contribution is -2.15. The van der Waals surface area contributed by atoms with Crippen molar-refractivity contribution in [3.8, 4) is 0 Å². The molecule has 0 saturated heterocycles. The maximum absolute atomic E-state index is 13.4. The van der Waals surface area contributed by atoms with Gasteiger partial charge in [0.05, 0.1) is 0 Å². The molecule has 1 atom stereocenters. The Morgan fingerprint density at radius 3 is 2.59 bits per heavy atom. The summed E-state index contributed by atoms with van der Waals surface area (Å²) in [6.45, 7) is 4.33. The molecule has 2 N–H and O–H groups in total. The zero-order valence-electron chi connectivity index (χ0n) is 10.2. The highest BCUT2D eigenvalue weighted by atomic mass is 32.2. The van der Waals surface area contributed by atoms with Crippen molar-refractivity contribution < 1.29 is 8.78 Å². The summed E-state index contributed by atoms with van der Waals surface area (Å²) in [7, 11) is 0. The molecule has 0 aromatic heterocycles. The molecule has 4 heteroatoms. The Bertz CT molecular complexity index is 355. The van der Waals surface area contributed by atoms with Crippen molar-refractivity contribution in [2.75, 3.05) is 11.5 Å². The van der Waals surface area contributed by atoms with Gasteiger partial charge >= 0.3 is 0 Å². The first-order valence-electron chi connectivity index (χ1n) is 5.79. The van der Waals surface area contributed by atoms with Crippen LogP contribution in [0.2, 0.25) is 0 Å². The van der Waals surface area contributed by atoms with Crippen LogP contribution in [-0.4, -0.2) is 11.5 Å². The average Bonchev–Trinajstić information content (AvgIpc) is 2.23. The van der Waals surface area contributed by atoms with Crippen molar-refractivity contribution in [1.82, 2.24) is 0 Å². The number of hydrogen-bond acceptors (Lipinski definition) is 2. The fourth-order valence-electron chi connectivity index (χ4n) is 1.42. The van der Waals surface area contributed by atoms with Crippen LogP contribution in [0, 0.1) is 17.6 Å². The topological polar surface area (TPSA) is 26.0 Å². The van der Waals surface area contributed by atoms with Crippen molar-refractivity contribution >= 4 is 11.8 Å². The smallest absolute Gasteiger partial charge is 0.130 e. The molecule has 0 heterocycles. The first-order valence-corrected chi connectivity index (χ1v) is 6.94. The zero-order valence-corrected chi connectivity index (χ0v) is 11.1. The highest BCUT2D eigenvalue weighted by Crippen LogP contribution is 2.21. The Morgan fingerprint density at radius 1 is 1.29 bits per heavy atom. The van der Waals surface area contributed by atoms with E-state index in [1.807, 2.05) is 0 Å². The number of nitrogens with two attached hydrogens (primary N) is 1. The SMILES string of the molecule is CC(C)CCSCC(N)c1ccc(F)cc1F. The Labute approximate surface area is 106 Å². The van der Waals surface area contributed by atoms with Gasteiger partial charge in [0.25, 0.3) is 0 Å². The number of thioether (sulfide) groups is 1. The van der Waals surface area contributed by atoms with Crippen molar-refractivity contribution in [1.29, 1.82) is 0 Å². The van der Waals surface area contributed by atoms with E-state index in [2.05, 4.69) is 13.8 Å². The number of rotatable bonds is 6. The summed E-state index contributed by atoms with van der Waals surface area (Å²) in [6.07, 6.45) is 1.13. The number of benzene rings is 1. The normalized spacial score (nSPS) is 13.1. The van der Waals surface area contributed by atoms with Crippen LogP contribution in [0.15, 0.2) is 18.2 Å². The van der Waals surface area contributed by atoms with Gasteiger partial charge in [-0.25, -0.2) is 8.78 Å². The lowest BCUT2D eigenvalue weighted by atomic mass is 10.1. The molecule has 0 aliphatic heterocycles. The highest BCUT2D eigenvalue weighted by Gasteiger charge is 2.12. The molecule has 96 valence electrons. The summed E-state index contributed by atoms with van der Waals surface area (Å²) in [4.78, 5) is 0. The lowest BCUT2D eigenvalue weighted by molar-refractivity contribution is 0.563. The van der Waals surface area contributed by atoms with Gasteiger partial charge in [-0.3, -0.25) is 0 Å². The minimum Gasteiger partial charge on any atom is -0.323 e. The third-order valence-corrected chi connectivity index (χ3v) is 3.62. The standard InChI is InChI=1S/C13H19F2NS/c1-9(2)5-6-17-8-13(16)11-4-3-10(14)7-12(11)15/h3-4,7,9,13H,5-6,8,16H2,1-2H3. The van der Waals surface area contributed by atoms with E-state index in [4.69, 9.17) is 5.73 Å². The first-order chi connectivity index (χ1) is 8.00. The molecule has 1 unspecified atom stereocenters. The molecule has 0 bridgehead atoms.